The van der Waals surface area contributed by atoms with Crippen LogP contribution in [0.1, 0.15) is 48.9 Å². The highest BCUT2D eigenvalue weighted by Crippen LogP contribution is 2.37. The Hall–Kier alpha value is -1.32. The zero-order valence-electron chi connectivity index (χ0n) is 9.96. The Balaban J connectivity index is 2.31. The summed E-state index contributed by atoms with van der Waals surface area (Å²) in [6, 6.07) is 0. The molecule has 0 aromatic carbocycles. The fraction of sp³-hybridized carbons (Fsp3) is 0.667. The smallest absolute Gasteiger partial charge is 0.111 e. The Morgan fingerprint density at radius 1 is 1.50 bits per heavy atom. The number of nitrogens with one attached hydrogen (secondary N) is 1. The van der Waals surface area contributed by atoms with Gasteiger partial charge in [0.15, 0.2) is 0 Å². The van der Waals surface area contributed by atoms with E-state index in [2.05, 4.69) is 31.0 Å². The van der Waals surface area contributed by atoms with Crippen LogP contribution >= 0.6 is 0 Å². The summed E-state index contributed by atoms with van der Waals surface area (Å²) in [5, 5.41) is 17.5. The maximum Gasteiger partial charge on any atom is 0.111 e. The van der Waals surface area contributed by atoms with E-state index in [1.165, 1.54) is 0 Å². The number of hydrogen-bond acceptors (Lipinski definition) is 3. The largest absolute Gasteiger partial charge is 0.543 e. The number of carbonyl (C=O) groups is 1. The number of carboxylic acid groups (broad SMARTS) is 1. The number of aromatic nitrogens is 2. The lowest BCUT2D eigenvalue weighted by Gasteiger charge is -2.33. The molecule has 1 N–H and O–H groups in total. The standard InChI is InChI=1S/C12H18N2O2/c1-12(2,3)7-4-5-9-8(6-7)10(11(15)16)14-13-9/h7H,4-6H2,1-3H3,(H,13,14)(H,15,16)/p-1/t7-/m1/s1. The second-order valence-corrected chi connectivity index (χ2v) is 5.62. The summed E-state index contributed by atoms with van der Waals surface area (Å²) in [5.74, 6) is -0.664. The van der Waals surface area contributed by atoms with Crippen LogP contribution in [-0.2, 0) is 12.8 Å². The van der Waals surface area contributed by atoms with Gasteiger partial charge in [-0.3, -0.25) is 5.10 Å². The molecule has 4 heteroatoms. The first-order valence-electron chi connectivity index (χ1n) is 5.67. The Kier molecular flexibility index (Phi) is 2.52. The number of rotatable bonds is 1. The third kappa shape index (κ3) is 1.84. The van der Waals surface area contributed by atoms with Crippen LogP contribution in [0.25, 0.3) is 0 Å². The fourth-order valence-corrected chi connectivity index (χ4v) is 2.40. The molecule has 0 saturated carbocycles. The zero-order valence-corrected chi connectivity index (χ0v) is 9.96. The number of carbonyl (C=O) groups excluding carboxylic acids is 1. The van der Waals surface area contributed by atoms with E-state index in [0.29, 0.717) is 5.92 Å². The highest BCUT2D eigenvalue weighted by Gasteiger charge is 2.31. The Labute approximate surface area is 95.1 Å². The van der Waals surface area contributed by atoms with Crippen molar-refractivity contribution >= 4 is 5.97 Å². The molecule has 16 heavy (non-hydrogen) atoms. The van der Waals surface area contributed by atoms with Gasteiger partial charge in [-0.15, -0.1) is 0 Å². The monoisotopic (exact) mass is 221 g/mol. The van der Waals surface area contributed by atoms with Gasteiger partial charge in [-0.2, -0.15) is 5.10 Å². The second-order valence-electron chi connectivity index (χ2n) is 5.62. The van der Waals surface area contributed by atoms with E-state index in [1.54, 1.807) is 0 Å². The van der Waals surface area contributed by atoms with E-state index in [1.807, 2.05) is 0 Å². The van der Waals surface area contributed by atoms with Crippen molar-refractivity contribution in [3.63, 3.8) is 0 Å². The van der Waals surface area contributed by atoms with Gasteiger partial charge in [0.25, 0.3) is 0 Å². The van der Waals surface area contributed by atoms with Gasteiger partial charge in [0.2, 0.25) is 0 Å². The van der Waals surface area contributed by atoms with Gasteiger partial charge in [-0.1, -0.05) is 20.8 Å². The van der Waals surface area contributed by atoms with Gasteiger partial charge >= 0.3 is 0 Å². The number of aromatic carboxylic acids is 1. The minimum Gasteiger partial charge on any atom is -0.543 e. The first-order chi connectivity index (χ1) is 7.39. The van der Waals surface area contributed by atoms with E-state index in [-0.39, 0.29) is 11.1 Å². The summed E-state index contributed by atoms with van der Waals surface area (Å²) in [6.07, 6.45) is 2.77. The molecule has 1 aliphatic rings. The summed E-state index contributed by atoms with van der Waals surface area (Å²) < 4.78 is 0. The molecule has 0 radical (unpaired) electrons. The van der Waals surface area contributed by atoms with Crippen LogP contribution in [0.15, 0.2) is 0 Å². The average Bonchev–Trinajstić information content (AvgIpc) is 2.58. The Bertz CT molecular complexity index is 415. The zero-order chi connectivity index (χ0) is 11.9. The Morgan fingerprint density at radius 2 is 2.19 bits per heavy atom. The van der Waals surface area contributed by atoms with Crippen LogP contribution in [0.5, 0.6) is 0 Å². The van der Waals surface area contributed by atoms with Crippen molar-refractivity contribution in [3.05, 3.63) is 17.0 Å². The number of nitrogens with zero attached hydrogens (tertiary/aromatic N) is 1. The molecule has 0 unspecified atom stereocenters. The lowest BCUT2D eigenvalue weighted by Crippen LogP contribution is -2.29. The van der Waals surface area contributed by atoms with Crippen molar-refractivity contribution in [1.29, 1.82) is 0 Å². The first kappa shape index (κ1) is 11.2. The second kappa shape index (κ2) is 3.61. The number of hydrogen-bond donors (Lipinski definition) is 1. The molecule has 0 aliphatic heterocycles. The van der Waals surface area contributed by atoms with Gasteiger partial charge in [0, 0.05) is 11.3 Å². The van der Waals surface area contributed by atoms with Gasteiger partial charge in [0.1, 0.15) is 5.69 Å². The average molecular weight is 221 g/mol. The van der Waals surface area contributed by atoms with Crippen LogP contribution in [0.4, 0.5) is 0 Å². The molecule has 0 spiro atoms. The van der Waals surface area contributed by atoms with Crippen molar-refractivity contribution in [1.82, 2.24) is 10.2 Å². The molecule has 0 amide bonds. The first-order valence-corrected chi connectivity index (χ1v) is 5.67. The maximum atomic E-state index is 10.9. The minimum atomic E-state index is -1.17. The number of fused-ring (bicyclic) bond motifs is 1. The van der Waals surface area contributed by atoms with E-state index in [9.17, 15) is 9.90 Å². The molecule has 4 nitrogen and oxygen atoms in total. The van der Waals surface area contributed by atoms with Crippen molar-refractivity contribution < 1.29 is 9.90 Å². The van der Waals surface area contributed by atoms with Crippen LogP contribution in [0.3, 0.4) is 0 Å². The van der Waals surface area contributed by atoms with Crippen LogP contribution < -0.4 is 5.11 Å². The van der Waals surface area contributed by atoms with E-state index in [4.69, 9.17) is 0 Å². The van der Waals surface area contributed by atoms with E-state index < -0.39 is 5.97 Å². The summed E-state index contributed by atoms with van der Waals surface area (Å²) in [4.78, 5) is 10.9. The van der Waals surface area contributed by atoms with Gasteiger partial charge < -0.3 is 9.90 Å². The lowest BCUT2D eigenvalue weighted by molar-refractivity contribution is -0.255. The molecule has 2 rings (SSSR count). The molecule has 0 bridgehead atoms. The predicted octanol–water partition coefficient (Wildman–Crippen LogP) is 0.924. The lowest BCUT2D eigenvalue weighted by atomic mass is 9.71. The van der Waals surface area contributed by atoms with E-state index in [0.717, 1.165) is 30.5 Å². The molecule has 88 valence electrons. The fourth-order valence-electron chi connectivity index (χ4n) is 2.40. The molecular weight excluding hydrogens is 204 g/mol. The maximum absolute atomic E-state index is 10.9. The van der Waals surface area contributed by atoms with Crippen LogP contribution in [0, 0.1) is 11.3 Å². The molecule has 1 aliphatic carbocycles. The van der Waals surface area contributed by atoms with Crippen molar-refractivity contribution in [2.75, 3.05) is 0 Å². The Morgan fingerprint density at radius 3 is 2.75 bits per heavy atom. The molecular formula is C12H17N2O2-. The normalized spacial score (nSPS) is 20.6. The SMILES string of the molecule is CC(C)(C)[C@@H]1CCc2[nH]nc(C(=O)[O-])c2C1. The van der Waals surface area contributed by atoms with Gasteiger partial charge in [-0.05, 0) is 30.6 Å². The molecule has 1 atom stereocenters. The van der Waals surface area contributed by atoms with Crippen molar-refractivity contribution in [2.45, 2.75) is 40.0 Å². The number of H-pyrrole nitrogens is 1. The molecule has 1 aromatic heterocycles. The quantitative estimate of drug-likeness (QED) is 0.766. The summed E-state index contributed by atoms with van der Waals surface area (Å²) in [7, 11) is 0. The summed E-state index contributed by atoms with van der Waals surface area (Å²) >= 11 is 0. The molecule has 1 heterocycles. The third-order valence-electron chi connectivity index (χ3n) is 3.56. The molecule has 1 aromatic rings. The van der Waals surface area contributed by atoms with E-state index >= 15 is 0 Å². The van der Waals surface area contributed by atoms with Crippen LogP contribution in [0.2, 0.25) is 0 Å². The van der Waals surface area contributed by atoms with Crippen LogP contribution in [-0.4, -0.2) is 16.2 Å². The van der Waals surface area contributed by atoms with Gasteiger partial charge in [0.05, 0.1) is 5.97 Å². The molecule has 0 fully saturated rings. The highest BCUT2D eigenvalue weighted by atomic mass is 16.4. The third-order valence-corrected chi connectivity index (χ3v) is 3.56. The summed E-state index contributed by atoms with van der Waals surface area (Å²) in [6.45, 7) is 6.59. The van der Waals surface area contributed by atoms with Crippen molar-refractivity contribution in [2.24, 2.45) is 11.3 Å². The minimum absolute atomic E-state index is 0.101. The highest BCUT2D eigenvalue weighted by molar-refractivity contribution is 5.85. The number of aryl methyl sites for hydroxylation is 1. The number of carboxylic acids is 1. The topological polar surface area (TPSA) is 68.8 Å². The summed E-state index contributed by atoms with van der Waals surface area (Å²) in [5.41, 5.74) is 2.13. The van der Waals surface area contributed by atoms with Crippen molar-refractivity contribution in [3.8, 4) is 0 Å². The van der Waals surface area contributed by atoms with Gasteiger partial charge in [-0.25, -0.2) is 0 Å². The number of aromatic amines is 1. The predicted molar refractivity (Wildman–Crippen MR) is 57.9 cm³/mol. The molecule has 0 saturated heterocycles.